The summed E-state index contributed by atoms with van der Waals surface area (Å²) in [6.45, 7) is 5.68. The zero-order valence-corrected chi connectivity index (χ0v) is 25.4. The fourth-order valence-electron chi connectivity index (χ4n) is 7.47. The Bertz CT molecular complexity index is 1090. The van der Waals surface area contributed by atoms with Gasteiger partial charge in [-0.1, -0.05) is 32.3 Å². The number of amides is 1. The number of nitrogens with zero attached hydrogens (tertiary/aromatic N) is 2. The predicted octanol–water partition coefficient (Wildman–Crippen LogP) is 5.67. The van der Waals surface area contributed by atoms with Crippen LogP contribution in [0.5, 0.6) is 5.75 Å². The van der Waals surface area contributed by atoms with Crippen LogP contribution in [0.15, 0.2) is 41.0 Å². The highest BCUT2D eigenvalue weighted by Gasteiger charge is 2.40. The Balaban J connectivity index is 1.28. The first-order chi connectivity index (χ1) is 20.5. The number of hydrogen-bond donors (Lipinski definition) is 3. The minimum atomic E-state index is -0.0695. The number of ether oxygens (including phenoxy) is 1. The van der Waals surface area contributed by atoms with Gasteiger partial charge in [0.05, 0.1) is 38.4 Å². The topological polar surface area (TPSA) is 98.4 Å². The third-order valence-corrected chi connectivity index (χ3v) is 9.97. The Morgan fingerprint density at radius 1 is 1.05 bits per heavy atom. The van der Waals surface area contributed by atoms with Crippen molar-refractivity contribution in [1.82, 2.24) is 15.1 Å². The molecular formula is C34H51N3O5. The van der Waals surface area contributed by atoms with E-state index in [4.69, 9.17) is 9.15 Å². The normalized spacial score (nSPS) is 24.8. The molecule has 3 atom stereocenters. The molecule has 232 valence electrons. The van der Waals surface area contributed by atoms with Gasteiger partial charge in [-0.15, -0.1) is 0 Å². The molecule has 3 unspecified atom stereocenters. The molecule has 2 aromatic rings. The molecule has 3 aliphatic rings. The monoisotopic (exact) mass is 581 g/mol. The molecule has 1 aliphatic carbocycles. The van der Waals surface area contributed by atoms with E-state index in [1.807, 2.05) is 18.2 Å². The number of nitrogens with one attached hydrogen (secondary N) is 1. The SMILES string of the molecule is CC1CCC(N(C(=O)c2ccco2)C2CCCCN2CCC2(CCOc3cc(CO)cc(CO)c3)CCCCC2)NC1. The second-order valence-electron chi connectivity index (χ2n) is 13.0. The highest BCUT2D eigenvalue weighted by atomic mass is 16.5. The molecule has 1 saturated carbocycles. The molecule has 0 spiro atoms. The second-order valence-corrected chi connectivity index (χ2v) is 13.0. The molecular weight excluding hydrogens is 530 g/mol. The zero-order valence-electron chi connectivity index (χ0n) is 25.4. The Hall–Kier alpha value is -2.39. The fourth-order valence-corrected chi connectivity index (χ4v) is 7.47. The number of rotatable bonds is 12. The molecule has 3 fully saturated rings. The van der Waals surface area contributed by atoms with Gasteiger partial charge in [-0.2, -0.15) is 0 Å². The van der Waals surface area contributed by atoms with Gasteiger partial charge in [-0.05, 0) is 111 Å². The van der Waals surface area contributed by atoms with Crippen LogP contribution in [-0.2, 0) is 13.2 Å². The lowest BCUT2D eigenvalue weighted by atomic mass is 9.69. The van der Waals surface area contributed by atoms with E-state index in [-0.39, 0.29) is 36.9 Å². The van der Waals surface area contributed by atoms with Crippen molar-refractivity contribution in [3.63, 3.8) is 0 Å². The van der Waals surface area contributed by atoms with Crippen molar-refractivity contribution in [2.75, 3.05) is 26.2 Å². The van der Waals surface area contributed by atoms with Crippen LogP contribution < -0.4 is 10.1 Å². The van der Waals surface area contributed by atoms with Crippen LogP contribution in [0.1, 0.15) is 106 Å². The van der Waals surface area contributed by atoms with Gasteiger partial charge in [0.1, 0.15) is 5.75 Å². The maximum atomic E-state index is 13.9. The lowest BCUT2D eigenvalue weighted by Gasteiger charge is -2.48. The van der Waals surface area contributed by atoms with Crippen LogP contribution in [-0.4, -0.2) is 64.5 Å². The highest BCUT2D eigenvalue weighted by Crippen LogP contribution is 2.43. The second kappa shape index (κ2) is 14.9. The van der Waals surface area contributed by atoms with E-state index in [0.717, 1.165) is 69.3 Å². The van der Waals surface area contributed by atoms with Gasteiger partial charge >= 0.3 is 0 Å². The van der Waals surface area contributed by atoms with Crippen LogP contribution in [0.3, 0.4) is 0 Å². The molecule has 1 aromatic carbocycles. The molecule has 3 heterocycles. The standard InChI is InChI=1S/C34H51N3O5/c1-26-10-11-31(35-23-26)37(33(40)30-8-7-18-42-30)32-9-3-6-16-36(32)17-14-34(12-4-2-5-13-34)15-19-41-29-21-27(24-38)20-28(22-29)25-39/h7-8,18,20-22,26,31-32,35,38-39H,2-6,9-17,19,23-25H2,1H3. The van der Waals surface area contributed by atoms with Gasteiger partial charge in [0, 0.05) is 13.1 Å². The molecule has 5 rings (SSSR count). The van der Waals surface area contributed by atoms with E-state index in [1.165, 1.54) is 38.5 Å². The van der Waals surface area contributed by atoms with Gasteiger partial charge in [-0.25, -0.2) is 0 Å². The molecule has 2 saturated heterocycles. The van der Waals surface area contributed by atoms with Crippen molar-refractivity contribution in [2.45, 2.75) is 110 Å². The van der Waals surface area contributed by atoms with Crippen LogP contribution in [0.4, 0.5) is 0 Å². The number of piperidine rings is 2. The lowest BCUT2D eigenvalue weighted by molar-refractivity contribution is -0.0275. The first-order valence-corrected chi connectivity index (χ1v) is 16.3. The molecule has 2 aliphatic heterocycles. The fraction of sp³-hybridized carbons (Fsp3) is 0.676. The largest absolute Gasteiger partial charge is 0.494 e. The Kier molecular flexibility index (Phi) is 11.0. The van der Waals surface area contributed by atoms with E-state index in [2.05, 4.69) is 22.0 Å². The summed E-state index contributed by atoms with van der Waals surface area (Å²) in [5.74, 6) is 1.77. The zero-order chi connectivity index (χ0) is 29.4. The summed E-state index contributed by atoms with van der Waals surface area (Å²) in [6, 6.07) is 9.16. The van der Waals surface area contributed by atoms with Gasteiger partial charge in [0.15, 0.2) is 5.76 Å². The smallest absolute Gasteiger partial charge is 0.292 e. The first-order valence-electron chi connectivity index (χ1n) is 16.3. The minimum Gasteiger partial charge on any atom is -0.494 e. The molecule has 0 radical (unpaired) electrons. The minimum absolute atomic E-state index is 0.00269. The van der Waals surface area contributed by atoms with Crippen molar-refractivity contribution >= 4 is 5.91 Å². The van der Waals surface area contributed by atoms with Crippen LogP contribution in [0.2, 0.25) is 0 Å². The average Bonchev–Trinajstić information content (AvgIpc) is 3.57. The van der Waals surface area contributed by atoms with E-state index >= 15 is 0 Å². The van der Waals surface area contributed by atoms with Crippen molar-refractivity contribution in [2.24, 2.45) is 11.3 Å². The first kappa shape index (κ1) is 31.0. The average molecular weight is 582 g/mol. The summed E-state index contributed by atoms with van der Waals surface area (Å²) in [6.07, 6.45) is 15.4. The Morgan fingerprint density at radius 2 is 1.83 bits per heavy atom. The maximum Gasteiger partial charge on any atom is 0.292 e. The van der Waals surface area contributed by atoms with Crippen LogP contribution in [0, 0.1) is 11.3 Å². The number of likely N-dealkylation sites (tertiary alicyclic amines) is 1. The quantitative estimate of drug-likeness (QED) is 0.297. The summed E-state index contributed by atoms with van der Waals surface area (Å²) in [5, 5.41) is 22.9. The molecule has 1 amide bonds. The summed E-state index contributed by atoms with van der Waals surface area (Å²) in [7, 11) is 0. The number of furan rings is 1. The van der Waals surface area contributed by atoms with Crippen molar-refractivity contribution in [3.8, 4) is 5.75 Å². The number of benzene rings is 1. The molecule has 3 N–H and O–H groups in total. The predicted molar refractivity (Wildman–Crippen MR) is 163 cm³/mol. The number of hydrogen-bond acceptors (Lipinski definition) is 7. The molecule has 8 nitrogen and oxygen atoms in total. The van der Waals surface area contributed by atoms with Gasteiger partial charge in [0.25, 0.3) is 5.91 Å². The molecule has 8 heteroatoms. The summed E-state index contributed by atoms with van der Waals surface area (Å²) in [4.78, 5) is 18.6. The van der Waals surface area contributed by atoms with Gasteiger partial charge < -0.3 is 24.3 Å². The van der Waals surface area contributed by atoms with Crippen LogP contribution in [0.25, 0.3) is 0 Å². The molecule has 42 heavy (non-hydrogen) atoms. The van der Waals surface area contributed by atoms with Gasteiger partial charge in [-0.3, -0.25) is 15.0 Å². The number of aliphatic hydroxyl groups is 2. The third-order valence-electron chi connectivity index (χ3n) is 9.97. The van der Waals surface area contributed by atoms with E-state index in [0.29, 0.717) is 24.0 Å². The van der Waals surface area contributed by atoms with Crippen molar-refractivity contribution in [1.29, 1.82) is 0 Å². The van der Waals surface area contributed by atoms with E-state index in [9.17, 15) is 15.0 Å². The molecule has 1 aromatic heterocycles. The summed E-state index contributed by atoms with van der Waals surface area (Å²) >= 11 is 0. The van der Waals surface area contributed by atoms with E-state index < -0.39 is 0 Å². The molecule has 0 bridgehead atoms. The van der Waals surface area contributed by atoms with Crippen molar-refractivity contribution in [3.05, 3.63) is 53.5 Å². The number of carbonyl (C=O) groups is 1. The van der Waals surface area contributed by atoms with Gasteiger partial charge in [0.2, 0.25) is 0 Å². The number of carbonyl (C=O) groups excluding carboxylic acids is 1. The summed E-state index contributed by atoms with van der Waals surface area (Å²) < 4.78 is 11.8. The highest BCUT2D eigenvalue weighted by molar-refractivity contribution is 5.91. The summed E-state index contributed by atoms with van der Waals surface area (Å²) in [5.41, 5.74) is 1.74. The maximum absolute atomic E-state index is 13.9. The number of aliphatic hydroxyl groups excluding tert-OH is 2. The Morgan fingerprint density at radius 3 is 2.50 bits per heavy atom. The van der Waals surface area contributed by atoms with E-state index in [1.54, 1.807) is 18.4 Å². The van der Waals surface area contributed by atoms with Crippen LogP contribution >= 0.6 is 0 Å². The Labute approximate surface area is 251 Å². The third kappa shape index (κ3) is 7.76. The van der Waals surface area contributed by atoms with Crippen molar-refractivity contribution < 1.29 is 24.2 Å². The lowest BCUT2D eigenvalue weighted by Crippen LogP contribution is -2.62.